The maximum absolute atomic E-state index is 12.6. The Bertz CT molecular complexity index is 752. The zero-order valence-electron chi connectivity index (χ0n) is 15.1. The van der Waals surface area contributed by atoms with E-state index in [1.165, 1.54) is 5.56 Å². The first kappa shape index (κ1) is 17.2. The smallest absolute Gasteiger partial charge is 0.222 e. The van der Waals surface area contributed by atoms with Crippen LogP contribution in [0.3, 0.4) is 0 Å². The summed E-state index contributed by atoms with van der Waals surface area (Å²) in [6, 6.07) is 8.17. The Morgan fingerprint density at radius 1 is 1.15 bits per heavy atom. The summed E-state index contributed by atoms with van der Waals surface area (Å²) in [6.45, 7) is 4.74. The average Bonchev–Trinajstić information content (AvgIpc) is 3.31. The molecule has 2 fully saturated rings. The zero-order chi connectivity index (χ0) is 18.0. The molecule has 0 bridgehead atoms. The minimum atomic E-state index is -0.441. The summed E-state index contributed by atoms with van der Waals surface area (Å²) in [4.78, 5) is 14.5. The van der Waals surface area contributed by atoms with Crippen LogP contribution in [-0.2, 0) is 20.7 Å². The molecule has 138 valence electrons. The summed E-state index contributed by atoms with van der Waals surface area (Å²) >= 11 is 0. The van der Waals surface area contributed by atoms with Crippen LogP contribution in [0, 0.1) is 6.92 Å². The third kappa shape index (κ3) is 3.52. The van der Waals surface area contributed by atoms with E-state index in [-0.39, 0.29) is 5.91 Å². The van der Waals surface area contributed by atoms with Crippen molar-refractivity contribution in [2.24, 2.45) is 0 Å². The topological polar surface area (TPSA) is 64.8 Å². The Morgan fingerprint density at radius 2 is 1.85 bits per heavy atom. The zero-order valence-corrected chi connectivity index (χ0v) is 15.1. The van der Waals surface area contributed by atoms with Crippen molar-refractivity contribution in [3.05, 3.63) is 41.7 Å². The van der Waals surface area contributed by atoms with E-state index in [9.17, 15) is 4.79 Å². The van der Waals surface area contributed by atoms with Crippen LogP contribution in [0.1, 0.15) is 30.4 Å². The van der Waals surface area contributed by atoms with Crippen molar-refractivity contribution in [3.63, 3.8) is 0 Å². The number of likely N-dealkylation sites (tertiary alicyclic amines) is 1. The molecule has 1 spiro atoms. The van der Waals surface area contributed by atoms with Gasteiger partial charge >= 0.3 is 0 Å². The second-order valence-corrected chi connectivity index (χ2v) is 7.04. The SMILES string of the molecule is Cc1ccc(-c2nocc2CCC(=O)N2CCC3(CC2)OCCO3)cc1. The molecule has 1 amide bonds. The van der Waals surface area contributed by atoms with Crippen LogP contribution in [0.15, 0.2) is 35.1 Å². The minimum absolute atomic E-state index is 0.161. The van der Waals surface area contributed by atoms with Crippen LogP contribution in [0.4, 0.5) is 0 Å². The third-order valence-electron chi connectivity index (χ3n) is 5.27. The van der Waals surface area contributed by atoms with Crippen molar-refractivity contribution in [2.75, 3.05) is 26.3 Å². The van der Waals surface area contributed by atoms with Gasteiger partial charge in [-0.25, -0.2) is 0 Å². The van der Waals surface area contributed by atoms with Gasteiger partial charge in [0.1, 0.15) is 12.0 Å². The first-order chi connectivity index (χ1) is 12.7. The monoisotopic (exact) mass is 356 g/mol. The second kappa shape index (κ2) is 7.21. The number of aryl methyl sites for hydroxylation is 2. The van der Waals surface area contributed by atoms with Gasteiger partial charge in [-0.05, 0) is 13.3 Å². The highest BCUT2D eigenvalue weighted by molar-refractivity contribution is 5.77. The number of piperidine rings is 1. The highest BCUT2D eigenvalue weighted by Crippen LogP contribution is 2.31. The summed E-state index contributed by atoms with van der Waals surface area (Å²) in [5.74, 6) is -0.280. The molecule has 0 aliphatic carbocycles. The summed E-state index contributed by atoms with van der Waals surface area (Å²) < 4.78 is 16.6. The Hall–Kier alpha value is -2.18. The number of aromatic nitrogens is 1. The molecule has 0 radical (unpaired) electrons. The van der Waals surface area contributed by atoms with Crippen molar-refractivity contribution in [2.45, 2.75) is 38.4 Å². The second-order valence-electron chi connectivity index (χ2n) is 7.04. The lowest BCUT2D eigenvalue weighted by atomic mass is 10.0. The predicted octanol–water partition coefficient (Wildman–Crippen LogP) is 2.95. The van der Waals surface area contributed by atoms with Gasteiger partial charge in [0.15, 0.2) is 5.79 Å². The third-order valence-corrected chi connectivity index (χ3v) is 5.27. The first-order valence-electron chi connectivity index (χ1n) is 9.21. The average molecular weight is 356 g/mol. The van der Waals surface area contributed by atoms with E-state index in [4.69, 9.17) is 14.0 Å². The van der Waals surface area contributed by atoms with E-state index in [1.807, 2.05) is 17.0 Å². The van der Waals surface area contributed by atoms with E-state index in [0.717, 1.165) is 29.7 Å². The Morgan fingerprint density at radius 3 is 2.54 bits per heavy atom. The van der Waals surface area contributed by atoms with E-state index >= 15 is 0 Å². The molecule has 26 heavy (non-hydrogen) atoms. The number of rotatable bonds is 4. The van der Waals surface area contributed by atoms with Gasteiger partial charge in [0, 0.05) is 43.5 Å². The molecule has 3 heterocycles. The summed E-state index contributed by atoms with van der Waals surface area (Å²) in [5.41, 5.74) is 4.01. The van der Waals surface area contributed by atoms with Gasteiger partial charge in [0.05, 0.1) is 13.2 Å². The van der Waals surface area contributed by atoms with Crippen molar-refractivity contribution in [1.82, 2.24) is 10.1 Å². The molecule has 2 saturated heterocycles. The Labute approximate surface area is 153 Å². The molecule has 0 N–H and O–H groups in total. The summed E-state index contributed by atoms with van der Waals surface area (Å²) in [5, 5.41) is 4.12. The summed E-state index contributed by atoms with van der Waals surface area (Å²) in [6.07, 6.45) is 4.23. The molecule has 6 nitrogen and oxygen atoms in total. The molecule has 6 heteroatoms. The van der Waals surface area contributed by atoms with Gasteiger partial charge in [0.25, 0.3) is 0 Å². The fourth-order valence-electron chi connectivity index (χ4n) is 3.67. The van der Waals surface area contributed by atoms with E-state index in [1.54, 1.807) is 6.26 Å². The number of carbonyl (C=O) groups excluding carboxylic acids is 1. The van der Waals surface area contributed by atoms with Gasteiger partial charge in [0.2, 0.25) is 5.91 Å². The van der Waals surface area contributed by atoms with Crippen molar-refractivity contribution >= 4 is 5.91 Å². The molecule has 0 atom stereocenters. The van der Waals surface area contributed by atoms with Crippen LogP contribution >= 0.6 is 0 Å². The standard InChI is InChI=1S/C20H24N2O4/c1-15-2-4-16(5-3-15)19-17(14-26-21-19)6-7-18(23)22-10-8-20(9-11-22)24-12-13-25-20/h2-5,14H,6-13H2,1H3. The van der Waals surface area contributed by atoms with E-state index in [0.29, 0.717) is 39.1 Å². The molecule has 2 aliphatic heterocycles. The van der Waals surface area contributed by atoms with Crippen LogP contribution in [0.2, 0.25) is 0 Å². The summed E-state index contributed by atoms with van der Waals surface area (Å²) in [7, 11) is 0. The maximum atomic E-state index is 12.6. The van der Waals surface area contributed by atoms with Gasteiger partial charge < -0.3 is 18.9 Å². The molecule has 0 unspecified atom stereocenters. The number of hydrogen-bond donors (Lipinski definition) is 0. The molecule has 2 aliphatic rings. The predicted molar refractivity (Wildman–Crippen MR) is 95.4 cm³/mol. The quantitative estimate of drug-likeness (QED) is 0.843. The van der Waals surface area contributed by atoms with Gasteiger partial charge in [-0.3, -0.25) is 4.79 Å². The largest absolute Gasteiger partial charge is 0.364 e. The normalized spacial score (nSPS) is 19.2. The molecule has 1 aromatic heterocycles. The first-order valence-corrected chi connectivity index (χ1v) is 9.21. The van der Waals surface area contributed by atoms with Crippen molar-refractivity contribution in [3.8, 4) is 11.3 Å². The maximum Gasteiger partial charge on any atom is 0.222 e. The van der Waals surface area contributed by atoms with E-state index in [2.05, 4.69) is 24.2 Å². The molecular formula is C20H24N2O4. The lowest BCUT2D eigenvalue weighted by molar-refractivity contribution is -0.187. The van der Waals surface area contributed by atoms with Crippen molar-refractivity contribution in [1.29, 1.82) is 0 Å². The number of nitrogens with zero attached hydrogens (tertiary/aromatic N) is 2. The van der Waals surface area contributed by atoms with Crippen LogP contribution < -0.4 is 0 Å². The highest BCUT2D eigenvalue weighted by Gasteiger charge is 2.40. The number of benzene rings is 1. The molecule has 4 rings (SSSR count). The lowest BCUT2D eigenvalue weighted by Gasteiger charge is -2.37. The van der Waals surface area contributed by atoms with Crippen LogP contribution in [0.25, 0.3) is 11.3 Å². The number of carbonyl (C=O) groups is 1. The highest BCUT2D eigenvalue weighted by atomic mass is 16.7. The number of amides is 1. The van der Waals surface area contributed by atoms with Gasteiger partial charge in [-0.15, -0.1) is 0 Å². The Balaban J connectivity index is 1.34. The Kier molecular flexibility index (Phi) is 4.78. The minimum Gasteiger partial charge on any atom is -0.364 e. The van der Waals surface area contributed by atoms with Gasteiger partial charge in [-0.2, -0.15) is 0 Å². The lowest BCUT2D eigenvalue weighted by Crippen LogP contribution is -2.47. The molecular weight excluding hydrogens is 332 g/mol. The molecule has 1 aromatic carbocycles. The fourth-order valence-corrected chi connectivity index (χ4v) is 3.67. The van der Waals surface area contributed by atoms with Crippen LogP contribution in [-0.4, -0.2) is 48.1 Å². The number of hydrogen-bond acceptors (Lipinski definition) is 5. The number of ether oxygens (including phenoxy) is 2. The van der Waals surface area contributed by atoms with Crippen LogP contribution in [0.5, 0.6) is 0 Å². The van der Waals surface area contributed by atoms with Gasteiger partial charge in [-0.1, -0.05) is 35.0 Å². The fraction of sp³-hybridized carbons (Fsp3) is 0.500. The van der Waals surface area contributed by atoms with Crippen molar-refractivity contribution < 1.29 is 18.8 Å². The molecule has 0 saturated carbocycles. The van der Waals surface area contributed by atoms with E-state index < -0.39 is 5.79 Å². The molecule has 2 aromatic rings.